The second-order valence-electron chi connectivity index (χ2n) is 7.09. The van der Waals surface area contributed by atoms with E-state index in [1.165, 1.54) is 0 Å². The zero-order valence-corrected chi connectivity index (χ0v) is 15.9. The number of amides is 1. The van der Waals surface area contributed by atoms with Crippen LogP contribution in [0.1, 0.15) is 29.3 Å². The summed E-state index contributed by atoms with van der Waals surface area (Å²) in [5.74, 6) is 0.0932. The Hall–Kier alpha value is -2.73. The normalized spacial score (nSPS) is 15.9. The van der Waals surface area contributed by atoms with Crippen LogP contribution in [0.4, 0.5) is 0 Å². The molecule has 3 aromatic rings. The lowest BCUT2D eigenvalue weighted by molar-refractivity contribution is 0.0763. The second-order valence-corrected chi connectivity index (χ2v) is 7.09. The highest BCUT2D eigenvalue weighted by atomic mass is 16.2. The van der Waals surface area contributed by atoms with Gasteiger partial charge in [0.2, 0.25) is 0 Å². The smallest absolute Gasteiger partial charge is 0.254 e. The van der Waals surface area contributed by atoms with Gasteiger partial charge in [0.15, 0.2) is 0 Å². The molecule has 1 aliphatic rings. The number of fused-ring (bicyclic) bond motifs is 1. The van der Waals surface area contributed by atoms with E-state index in [9.17, 15) is 4.79 Å². The Balaban J connectivity index is 1.78. The highest BCUT2D eigenvalue weighted by Gasteiger charge is 2.23. The van der Waals surface area contributed by atoms with E-state index < -0.39 is 0 Å². The fourth-order valence-corrected chi connectivity index (χ4v) is 3.77. The molecule has 0 unspecified atom stereocenters. The third-order valence-corrected chi connectivity index (χ3v) is 5.39. The molecular weight excluding hydrogens is 338 g/mol. The quantitative estimate of drug-likeness (QED) is 0.777. The molecule has 0 spiro atoms. The number of hydrogen-bond donors (Lipinski definition) is 1. The lowest BCUT2D eigenvalue weighted by Crippen LogP contribution is -2.35. The first-order valence-electron chi connectivity index (χ1n) is 9.58. The fourth-order valence-electron chi connectivity index (χ4n) is 3.77. The molecule has 1 aliphatic heterocycles. The van der Waals surface area contributed by atoms with Crippen molar-refractivity contribution in [1.82, 2.24) is 25.0 Å². The topological polar surface area (TPSA) is 65.1 Å². The number of likely N-dealkylation sites (N-methyl/N-ethyl adjacent to an activating group) is 1. The van der Waals surface area contributed by atoms with Gasteiger partial charge in [-0.1, -0.05) is 25.1 Å². The van der Waals surface area contributed by atoms with Crippen LogP contribution in [0, 0.1) is 6.92 Å². The summed E-state index contributed by atoms with van der Waals surface area (Å²) in [6.07, 6.45) is 4.56. The van der Waals surface area contributed by atoms with Gasteiger partial charge in [0, 0.05) is 36.8 Å². The van der Waals surface area contributed by atoms with Crippen LogP contribution in [0.15, 0.2) is 36.7 Å². The molecule has 3 heterocycles. The zero-order chi connectivity index (χ0) is 18.8. The Morgan fingerprint density at radius 2 is 2.11 bits per heavy atom. The average Bonchev–Trinajstić information content (AvgIpc) is 3.12. The number of hydrogen-bond acceptors (Lipinski definition) is 4. The largest absolute Gasteiger partial charge is 0.337 e. The first-order chi connectivity index (χ1) is 13.2. The minimum absolute atomic E-state index is 0.0932. The van der Waals surface area contributed by atoms with Gasteiger partial charge in [-0.05, 0) is 38.1 Å². The summed E-state index contributed by atoms with van der Waals surface area (Å²) in [5, 5.41) is 7.78. The molecule has 140 valence electrons. The molecule has 1 aromatic carbocycles. The summed E-state index contributed by atoms with van der Waals surface area (Å²) in [5.41, 5.74) is 4.34. The molecule has 6 heteroatoms. The number of aromatic amines is 1. The summed E-state index contributed by atoms with van der Waals surface area (Å²) in [6.45, 7) is 8.79. The van der Waals surface area contributed by atoms with Crippen LogP contribution in [0.2, 0.25) is 0 Å². The van der Waals surface area contributed by atoms with Crippen LogP contribution in [0.3, 0.4) is 0 Å². The first-order valence-corrected chi connectivity index (χ1v) is 9.58. The van der Waals surface area contributed by atoms with E-state index in [4.69, 9.17) is 4.98 Å². The molecular formula is C21H25N5O. The molecule has 6 nitrogen and oxygen atoms in total. The molecule has 4 rings (SSSR count). The molecule has 1 amide bonds. The van der Waals surface area contributed by atoms with Crippen LogP contribution in [0.5, 0.6) is 0 Å². The maximum Gasteiger partial charge on any atom is 0.254 e. The number of rotatable bonds is 3. The minimum Gasteiger partial charge on any atom is -0.337 e. The van der Waals surface area contributed by atoms with Crippen molar-refractivity contribution in [1.29, 1.82) is 0 Å². The molecule has 27 heavy (non-hydrogen) atoms. The van der Waals surface area contributed by atoms with E-state index in [1.807, 2.05) is 42.3 Å². The van der Waals surface area contributed by atoms with Crippen LogP contribution in [-0.2, 0) is 0 Å². The number of benzene rings is 1. The number of para-hydroxylation sites is 1. The van der Waals surface area contributed by atoms with E-state index >= 15 is 0 Å². The Bertz CT molecular complexity index is 951. The van der Waals surface area contributed by atoms with Gasteiger partial charge in [-0.15, -0.1) is 0 Å². The number of aryl methyl sites for hydroxylation is 1. The van der Waals surface area contributed by atoms with Gasteiger partial charge in [-0.25, -0.2) is 4.98 Å². The monoisotopic (exact) mass is 363 g/mol. The zero-order valence-electron chi connectivity index (χ0n) is 15.9. The number of H-pyrrole nitrogens is 1. The molecule has 1 saturated heterocycles. The predicted octanol–water partition coefficient (Wildman–Crippen LogP) is 3.10. The molecule has 1 N–H and O–H groups in total. The molecule has 1 fully saturated rings. The molecule has 0 atom stereocenters. The van der Waals surface area contributed by atoms with Gasteiger partial charge >= 0.3 is 0 Å². The Kier molecular flexibility index (Phi) is 4.90. The molecule has 2 aromatic heterocycles. The Morgan fingerprint density at radius 3 is 2.89 bits per heavy atom. The standard InChI is InChI=1S/C21H25N5O/c1-3-25-8-5-9-26(11-10-25)21(27)18-12-19(16-13-22-23-14-16)24-20-15(2)6-4-7-17(18)20/h4,6-7,12-14H,3,5,8-11H2,1-2H3,(H,22,23). The molecule has 0 aliphatic carbocycles. The van der Waals surface area contributed by atoms with E-state index in [1.54, 1.807) is 6.20 Å². The molecule has 0 bridgehead atoms. The molecule has 0 saturated carbocycles. The Labute approximate surface area is 159 Å². The maximum absolute atomic E-state index is 13.5. The summed E-state index contributed by atoms with van der Waals surface area (Å²) in [7, 11) is 0. The maximum atomic E-state index is 13.5. The summed E-state index contributed by atoms with van der Waals surface area (Å²) < 4.78 is 0. The van der Waals surface area contributed by atoms with Crippen molar-refractivity contribution in [3.63, 3.8) is 0 Å². The van der Waals surface area contributed by atoms with Gasteiger partial charge in [0.05, 0.1) is 23.0 Å². The van der Waals surface area contributed by atoms with Gasteiger partial charge in [-0.2, -0.15) is 5.10 Å². The number of nitrogens with one attached hydrogen (secondary N) is 1. The highest BCUT2D eigenvalue weighted by molar-refractivity contribution is 6.07. The van der Waals surface area contributed by atoms with Crippen molar-refractivity contribution >= 4 is 16.8 Å². The van der Waals surface area contributed by atoms with Crippen molar-refractivity contribution in [2.75, 3.05) is 32.7 Å². The van der Waals surface area contributed by atoms with Crippen LogP contribution in [-0.4, -0.2) is 63.6 Å². The Morgan fingerprint density at radius 1 is 1.22 bits per heavy atom. The summed E-state index contributed by atoms with van der Waals surface area (Å²) in [4.78, 5) is 22.7. The van der Waals surface area contributed by atoms with Crippen molar-refractivity contribution in [3.05, 3.63) is 47.8 Å². The van der Waals surface area contributed by atoms with Gasteiger partial charge in [0.1, 0.15) is 0 Å². The number of carbonyl (C=O) groups excluding carboxylic acids is 1. The van der Waals surface area contributed by atoms with Crippen molar-refractivity contribution in [2.45, 2.75) is 20.3 Å². The fraction of sp³-hybridized carbons (Fsp3) is 0.381. The van der Waals surface area contributed by atoms with E-state index in [2.05, 4.69) is 22.0 Å². The summed E-state index contributed by atoms with van der Waals surface area (Å²) >= 11 is 0. The van der Waals surface area contributed by atoms with Crippen LogP contribution < -0.4 is 0 Å². The van der Waals surface area contributed by atoms with E-state index in [-0.39, 0.29) is 5.91 Å². The minimum atomic E-state index is 0.0932. The third kappa shape index (κ3) is 3.45. The number of pyridine rings is 1. The van der Waals surface area contributed by atoms with Crippen molar-refractivity contribution in [2.24, 2.45) is 0 Å². The first kappa shape index (κ1) is 17.7. The lowest BCUT2D eigenvalue weighted by Gasteiger charge is -2.22. The van der Waals surface area contributed by atoms with Gasteiger partial charge < -0.3 is 9.80 Å². The number of aromatic nitrogens is 3. The van der Waals surface area contributed by atoms with Crippen molar-refractivity contribution in [3.8, 4) is 11.3 Å². The average molecular weight is 363 g/mol. The number of nitrogens with zero attached hydrogens (tertiary/aromatic N) is 4. The number of carbonyl (C=O) groups is 1. The lowest BCUT2D eigenvalue weighted by atomic mass is 10.0. The SMILES string of the molecule is CCN1CCCN(C(=O)c2cc(-c3cn[nH]c3)nc3c(C)cccc23)CC1. The predicted molar refractivity (Wildman–Crippen MR) is 107 cm³/mol. The van der Waals surface area contributed by atoms with Gasteiger partial charge in [0.25, 0.3) is 5.91 Å². The molecule has 0 radical (unpaired) electrons. The van der Waals surface area contributed by atoms with Crippen molar-refractivity contribution < 1.29 is 4.79 Å². The second kappa shape index (κ2) is 7.48. The summed E-state index contributed by atoms with van der Waals surface area (Å²) in [6, 6.07) is 7.94. The van der Waals surface area contributed by atoms with E-state index in [0.717, 1.165) is 72.4 Å². The van der Waals surface area contributed by atoms with Crippen LogP contribution in [0.25, 0.3) is 22.2 Å². The van der Waals surface area contributed by atoms with Gasteiger partial charge in [-0.3, -0.25) is 9.89 Å². The third-order valence-electron chi connectivity index (χ3n) is 5.39. The van der Waals surface area contributed by atoms with Crippen LogP contribution >= 0.6 is 0 Å². The highest BCUT2D eigenvalue weighted by Crippen LogP contribution is 2.27. The van der Waals surface area contributed by atoms with E-state index in [0.29, 0.717) is 0 Å².